The summed E-state index contributed by atoms with van der Waals surface area (Å²) in [6.07, 6.45) is 1.52. The van der Waals surface area contributed by atoms with E-state index < -0.39 is 5.60 Å². The SMILES string of the molecule is CC(O)(CNc1noc(-c2ccccc2)n1)c1ccco1. The van der Waals surface area contributed by atoms with E-state index in [1.807, 2.05) is 30.3 Å². The summed E-state index contributed by atoms with van der Waals surface area (Å²) in [6, 6.07) is 12.9. The summed E-state index contributed by atoms with van der Waals surface area (Å²) in [7, 11) is 0. The molecule has 21 heavy (non-hydrogen) atoms. The molecule has 0 amide bonds. The standard InChI is InChI=1S/C15H15N3O3/c1-15(19,12-8-5-9-20-12)10-16-14-17-13(21-18-14)11-6-3-2-4-7-11/h2-9,19H,10H2,1H3,(H,16,18). The number of nitrogens with one attached hydrogen (secondary N) is 1. The van der Waals surface area contributed by atoms with Crippen molar-refractivity contribution in [1.29, 1.82) is 0 Å². The Kier molecular flexibility index (Phi) is 3.45. The van der Waals surface area contributed by atoms with E-state index in [4.69, 9.17) is 8.94 Å². The van der Waals surface area contributed by atoms with E-state index in [1.54, 1.807) is 19.1 Å². The molecule has 0 aliphatic carbocycles. The largest absolute Gasteiger partial charge is 0.466 e. The minimum absolute atomic E-state index is 0.203. The number of benzene rings is 1. The molecule has 1 unspecified atom stereocenters. The Hall–Kier alpha value is -2.60. The molecular formula is C15H15N3O3. The molecule has 0 bridgehead atoms. The second kappa shape index (κ2) is 5.41. The molecule has 1 atom stereocenters. The first-order valence-corrected chi connectivity index (χ1v) is 6.54. The topological polar surface area (TPSA) is 84.3 Å². The molecule has 0 saturated heterocycles. The molecular weight excluding hydrogens is 270 g/mol. The molecule has 3 aromatic rings. The van der Waals surface area contributed by atoms with Crippen LogP contribution in [0.25, 0.3) is 11.5 Å². The van der Waals surface area contributed by atoms with E-state index in [2.05, 4.69) is 15.5 Å². The lowest BCUT2D eigenvalue weighted by molar-refractivity contribution is 0.0474. The Balaban J connectivity index is 1.68. The van der Waals surface area contributed by atoms with Crippen molar-refractivity contribution in [3.8, 4) is 11.5 Å². The van der Waals surface area contributed by atoms with Crippen molar-refractivity contribution in [3.63, 3.8) is 0 Å². The Morgan fingerprint density at radius 2 is 2.00 bits per heavy atom. The van der Waals surface area contributed by atoms with Gasteiger partial charge in [0, 0.05) is 5.56 Å². The highest BCUT2D eigenvalue weighted by Gasteiger charge is 2.26. The van der Waals surface area contributed by atoms with Gasteiger partial charge >= 0.3 is 0 Å². The van der Waals surface area contributed by atoms with Crippen molar-refractivity contribution in [2.75, 3.05) is 11.9 Å². The maximum atomic E-state index is 10.3. The van der Waals surface area contributed by atoms with Gasteiger partial charge in [0.1, 0.15) is 11.4 Å². The molecule has 2 N–H and O–H groups in total. The van der Waals surface area contributed by atoms with Crippen LogP contribution in [0.2, 0.25) is 0 Å². The van der Waals surface area contributed by atoms with E-state index >= 15 is 0 Å². The van der Waals surface area contributed by atoms with Gasteiger partial charge in [-0.2, -0.15) is 4.98 Å². The van der Waals surface area contributed by atoms with Crippen molar-refractivity contribution in [2.24, 2.45) is 0 Å². The van der Waals surface area contributed by atoms with Crippen molar-refractivity contribution < 1.29 is 14.0 Å². The molecule has 0 aliphatic rings. The third-order valence-corrected chi connectivity index (χ3v) is 3.09. The lowest BCUT2D eigenvalue weighted by Gasteiger charge is -2.20. The zero-order valence-corrected chi connectivity index (χ0v) is 11.5. The van der Waals surface area contributed by atoms with Crippen LogP contribution in [0.1, 0.15) is 12.7 Å². The van der Waals surface area contributed by atoms with Gasteiger partial charge in [-0.05, 0) is 36.3 Å². The smallest absolute Gasteiger partial charge is 0.263 e. The van der Waals surface area contributed by atoms with Crippen LogP contribution in [0.3, 0.4) is 0 Å². The Morgan fingerprint density at radius 3 is 2.71 bits per heavy atom. The number of furan rings is 1. The van der Waals surface area contributed by atoms with Gasteiger partial charge in [-0.15, -0.1) is 0 Å². The molecule has 2 aromatic heterocycles. The van der Waals surface area contributed by atoms with Gasteiger partial charge in [-0.25, -0.2) is 0 Å². The van der Waals surface area contributed by atoms with E-state index in [9.17, 15) is 5.11 Å². The van der Waals surface area contributed by atoms with E-state index in [1.165, 1.54) is 6.26 Å². The molecule has 0 fully saturated rings. The van der Waals surface area contributed by atoms with Crippen molar-refractivity contribution in [1.82, 2.24) is 10.1 Å². The molecule has 6 nitrogen and oxygen atoms in total. The number of anilines is 1. The minimum atomic E-state index is -1.16. The summed E-state index contributed by atoms with van der Waals surface area (Å²) in [4.78, 5) is 4.23. The second-order valence-corrected chi connectivity index (χ2v) is 4.89. The fourth-order valence-electron chi connectivity index (χ4n) is 1.92. The number of aliphatic hydroxyl groups is 1. The average Bonchev–Trinajstić information content (AvgIpc) is 3.18. The molecule has 2 heterocycles. The molecule has 0 radical (unpaired) electrons. The summed E-state index contributed by atoms with van der Waals surface area (Å²) in [5.74, 6) is 1.22. The fraction of sp³-hybridized carbons (Fsp3) is 0.200. The van der Waals surface area contributed by atoms with E-state index in [0.717, 1.165) is 5.56 Å². The summed E-state index contributed by atoms with van der Waals surface area (Å²) in [5, 5.41) is 17.1. The summed E-state index contributed by atoms with van der Waals surface area (Å²) in [6.45, 7) is 1.85. The molecule has 0 spiro atoms. The van der Waals surface area contributed by atoms with Gasteiger partial charge in [-0.3, -0.25) is 0 Å². The number of hydrogen-bond acceptors (Lipinski definition) is 6. The molecule has 0 saturated carbocycles. The fourth-order valence-corrected chi connectivity index (χ4v) is 1.92. The third-order valence-electron chi connectivity index (χ3n) is 3.09. The Labute approximate surface area is 121 Å². The van der Waals surface area contributed by atoms with Crippen molar-refractivity contribution in [3.05, 3.63) is 54.5 Å². The summed E-state index contributed by atoms with van der Waals surface area (Å²) in [5.41, 5.74) is -0.312. The van der Waals surface area contributed by atoms with Crippen LogP contribution in [-0.4, -0.2) is 21.8 Å². The second-order valence-electron chi connectivity index (χ2n) is 4.89. The zero-order chi connectivity index (χ0) is 14.7. The average molecular weight is 285 g/mol. The number of rotatable bonds is 5. The predicted molar refractivity (Wildman–Crippen MR) is 76.5 cm³/mol. The van der Waals surface area contributed by atoms with Gasteiger partial charge in [0.15, 0.2) is 0 Å². The first kappa shape index (κ1) is 13.4. The van der Waals surface area contributed by atoms with Crippen LogP contribution in [0.4, 0.5) is 5.95 Å². The number of hydrogen-bond donors (Lipinski definition) is 2. The van der Waals surface area contributed by atoms with Gasteiger partial charge in [0.05, 0.1) is 12.8 Å². The lowest BCUT2D eigenvalue weighted by atomic mass is 10.0. The maximum absolute atomic E-state index is 10.3. The maximum Gasteiger partial charge on any atom is 0.263 e. The van der Waals surface area contributed by atoms with Crippen LogP contribution < -0.4 is 5.32 Å². The Morgan fingerprint density at radius 1 is 1.19 bits per heavy atom. The van der Waals surface area contributed by atoms with Crippen LogP contribution in [0.5, 0.6) is 0 Å². The first-order valence-electron chi connectivity index (χ1n) is 6.54. The lowest BCUT2D eigenvalue weighted by Crippen LogP contribution is -2.30. The van der Waals surface area contributed by atoms with Crippen LogP contribution >= 0.6 is 0 Å². The zero-order valence-electron chi connectivity index (χ0n) is 11.5. The first-order chi connectivity index (χ1) is 10.1. The van der Waals surface area contributed by atoms with Crippen molar-refractivity contribution >= 4 is 5.95 Å². The molecule has 6 heteroatoms. The number of nitrogens with zero attached hydrogens (tertiary/aromatic N) is 2. The van der Waals surface area contributed by atoms with Crippen LogP contribution in [0, 0.1) is 0 Å². The van der Waals surface area contributed by atoms with E-state index in [-0.39, 0.29) is 6.54 Å². The number of aromatic nitrogens is 2. The summed E-state index contributed by atoms with van der Waals surface area (Å²) >= 11 is 0. The highest BCUT2D eigenvalue weighted by atomic mass is 16.5. The highest BCUT2D eigenvalue weighted by Crippen LogP contribution is 2.22. The summed E-state index contributed by atoms with van der Waals surface area (Å²) < 4.78 is 10.4. The van der Waals surface area contributed by atoms with E-state index in [0.29, 0.717) is 17.6 Å². The molecule has 3 rings (SSSR count). The molecule has 0 aliphatic heterocycles. The van der Waals surface area contributed by atoms with Crippen LogP contribution in [-0.2, 0) is 5.60 Å². The highest BCUT2D eigenvalue weighted by molar-refractivity contribution is 5.53. The van der Waals surface area contributed by atoms with Gasteiger partial charge < -0.3 is 19.4 Å². The quantitative estimate of drug-likeness (QED) is 0.749. The molecule has 108 valence electrons. The predicted octanol–water partition coefficient (Wildman–Crippen LogP) is 2.65. The molecule has 1 aromatic carbocycles. The third kappa shape index (κ3) is 2.95. The van der Waals surface area contributed by atoms with Crippen LogP contribution in [0.15, 0.2) is 57.7 Å². The Bertz CT molecular complexity index is 690. The van der Waals surface area contributed by atoms with Gasteiger partial charge in [0.25, 0.3) is 11.8 Å². The minimum Gasteiger partial charge on any atom is -0.466 e. The van der Waals surface area contributed by atoms with Gasteiger partial charge in [0.2, 0.25) is 0 Å². The van der Waals surface area contributed by atoms with Crippen molar-refractivity contribution in [2.45, 2.75) is 12.5 Å². The normalized spacial score (nSPS) is 13.8. The van der Waals surface area contributed by atoms with Gasteiger partial charge in [-0.1, -0.05) is 18.2 Å². The monoisotopic (exact) mass is 285 g/mol.